The highest BCUT2D eigenvalue weighted by Crippen LogP contribution is 2.33. The second-order valence-electron chi connectivity index (χ2n) is 6.62. The Morgan fingerprint density at radius 1 is 1.14 bits per heavy atom. The summed E-state index contributed by atoms with van der Waals surface area (Å²) in [5, 5.41) is 4.70. The van der Waals surface area contributed by atoms with Crippen molar-refractivity contribution in [2.24, 2.45) is 5.92 Å². The van der Waals surface area contributed by atoms with Gasteiger partial charge in [-0.1, -0.05) is 50.2 Å². The summed E-state index contributed by atoms with van der Waals surface area (Å²) >= 11 is 0. The molecule has 0 radical (unpaired) electrons. The summed E-state index contributed by atoms with van der Waals surface area (Å²) in [6, 6.07) is 8.99. The Bertz CT molecular complexity index is 578. The van der Waals surface area contributed by atoms with Crippen LogP contribution in [0.1, 0.15) is 62.3 Å². The van der Waals surface area contributed by atoms with Crippen molar-refractivity contribution in [3.63, 3.8) is 0 Å². The van der Waals surface area contributed by atoms with Crippen molar-refractivity contribution in [2.45, 2.75) is 57.9 Å². The molecule has 0 aliphatic heterocycles. The van der Waals surface area contributed by atoms with Crippen LogP contribution in [0, 0.1) is 12.8 Å². The molecule has 1 heterocycles. The van der Waals surface area contributed by atoms with Gasteiger partial charge in [-0.3, -0.25) is 0 Å². The molecule has 2 aromatic rings. The van der Waals surface area contributed by atoms with Gasteiger partial charge < -0.3 is 9.73 Å². The van der Waals surface area contributed by atoms with Gasteiger partial charge in [0.05, 0.1) is 6.04 Å². The summed E-state index contributed by atoms with van der Waals surface area (Å²) in [6.07, 6.45) is 9.63. The van der Waals surface area contributed by atoms with Gasteiger partial charge in [0.25, 0.3) is 0 Å². The maximum Gasteiger partial charge on any atom is 0.134 e. The molecule has 1 aliphatic carbocycles. The number of furan rings is 1. The van der Waals surface area contributed by atoms with Crippen molar-refractivity contribution < 1.29 is 4.42 Å². The molecule has 0 spiro atoms. The molecule has 1 aliphatic rings. The van der Waals surface area contributed by atoms with Crippen LogP contribution in [0.4, 0.5) is 0 Å². The molecule has 0 saturated heterocycles. The maximum atomic E-state index is 6.09. The van der Waals surface area contributed by atoms with Crippen molar-refractivity contribution in [3.8, 4) is 0 Å². The summed E-state index contributed by atoms with van der Waals surface area (Å²) in [6.45, 7) is 2.13. The predicted octanol–water partition coefficient (Wildman–Crippen LogP) is 5.36. The van der Waals surface area contributed by atoms with Gasteiger partial charge in [-0.2, -0.15) is 0 Å². The zero-order valence-corrected chi connectivity index (χ0v) is 13.3. The highest BCUT2D eigenvalue weighted by atomic mass is 16.3. The highest BCUT2D eigenvalue weighted by Gasteiger charge is 2.21. The molecular weight excluding hydrogens is 258 g/mol. The van der Waals surface area contributed by atoms with Crippen molar-refractivity contribution in [3.05, 3.63) is 35.6 Å². The Morgan fingerprint density at radius 2 is 1.90 bits per heavy atom. The molecule has 114 valence electrons. The number of fused-ring (bicyclic) bond motifs is 1. The van der Waals surface area contributed by atoms with E-state index < -0.39 is 0 Å². The van der Waals surface area contributed by atoms with Crippen LogP contribution in [0.25, 0.3) is 11.0 Å². The topological polar surface area (TPSA) is 25.2 Å². The lowest BCUT2D eigenvalue weighted by atomic mass is 9.91. The molecule has 1 N–H and O–H groups in total. The summed E-state index contributed by atoms with van der Waals surface area (Å²) in [7, 11) is 2.06. The van der Waals surface area contributed by atoms with Crippen molar-refractivity contribution in [1.82, 2.24) is 5.32 Å². The molecule has 3 rings (SSSR count). The molecule has 1 aromatic heterocycles. The Labute approximate surface area is 127 Å². The van der Waals surface area contributed by atoms with Crippen LogP contribution < -0.4 is 5.32 Å². The normalized spacial score (nSPS) is 18.8. The lowest BCUT2D eigenvalue weighted by Gasteiger charge is -2.20. The molecular formula is C19H27NO. The molecule has 21 heavy (non-hydrogen) atoms. The van der Waals surface area contributed by atoms with Crippen LogP contribution >= 0.6 is 0 Å². The maximum absolute atomic E-state index is 6.09. The average molecular weight is 285 g/mol. The molecule has 1 saturated carbocycles. The second-order valence-corrected chi connectivity index (χ2v) is 6.62. The summed E-state index contributed by atoms with van der Waals surface area (Å²) in [5.41, 5.74) is 2.30. The third-order valence-electron chi connectivity index (χ3n) is 4.93. The molecule has 1 fully saturated rings. The molecule has 0 amide bonds. The smallest absolute Gasteiger partial charge is 0.134 e. The minimum absolute atomic E-state index is 0.348. The van der Waals surface area contributed by atoms with Gasteiger partial charge in [0.15, 0.2) is 0 Å². The van der Waals surface area contributed by atoms with E-state index in [2.05, 4.69) is 43.6 Å². The fourth-order valence-corrected chi connectivity index (χ4v) is 3.66. The first kappa shape index (κ1) is 14.6. The van der Waals surface area contributed by atoms with E-state index in [9.17, 15) is 0 Å². The number of nitrogens with one attached hydrogen (secondary N) is 1. The average Bonchev–Trinajstić information content (AvgIpc) is 2.72. The summed E-state index contributed by atoms with van der Waals surface area (Å²) in [4.78, 5) is 0. The lowest BCUT2D eigenvalue weighted by molar-refractivity contribution is 0.336. The third kappa shape index (κ3) is 3.49. The van der Waals surface area contributed by atoms with Crippen LogP contribution in [0.3, 0.4) is 0 Å². The zero-order valence-electron chi connectivity index (χ0n) is 13.3. The quantitative estimate of drug-likeness (QED) is 0.765. The molecule has 0 bridgehead atoms. The van der Waals surface area contributed by atoms with E-state index in [-0.39, 0.29) is 0 Å². The van der Waals surface area contributed by atoms with Crippen molar-refractivity contribution in [1.29, 1.82) is 0 Å². The Hall–Kier alpha value is -1.28. The number of rotatable bonds is 4. The van der Waals surface area contributed by atoms with Gasteiger partial charge in [-0.15, -0.1) is 0 Å². The van der Waals surface area contributed by atoms with E-state index in [0.29, 0.717) is 6.04 Å². The fourth-order valence-electron chi connectivity index (χ4n) is 3.66. The van der Waals surface area contributed by atoms with Gasteiger partial charge in [-0.05, 0) is 44.5 Å². The van der Waals surface area contributed by atoms with E-state index in [4.69, 9.17) is 4.42 Å². The number of aryl methyl sites for hydroxylation is 1. The minimum Gasteiger partial charge on any atom is -0.459 e. The number of hydrogen-bond acceptors (Lipinski definition) is 2. The largest absolute Gasteiger partial charge is 0.459 e. The highest BCUT2D eigenvalue weighted by molar-refractivity contribution is 5.78. The molecule has 2 nitrogen and oxygen atoms in total. The van der Waals surface area contributed by atoms with Gasteiger partial charge in [-0.25, -0.2) is 0 Å². The Balaban J connectivity index is 1.77. The number of hydrogen-bond donors (Lipinski definition) is 1. The van der Waals surface area contributed by atoms with E-state index in [1.807, 2.05) is 0 Å². The predicted molar refractivity (Wildman–Crippen MR) is 88.6 cm³/mol. The Kier molecular flexibility index (Phi) is 4.64. The van der Waals surface area contributed by atoms with Crippen LogP contribution in [-0.2, 0) is 0 Å². The molecule has 2 heteroatoms. The fraction of sp³-hybridized carbons (Fsp3) is 0.579. The third-order valence-corrected chi connectivity index (χ3v) is 4.93. The van der Waals surface area contributed by atoms with E-state index in [1.54, 1.807) is 0 Å². The van der Waals surface area contributed by atoms with Crippen LogP contribution in [-0.4, -0.2) is 7.05 Å². The van der Waals surface area contributed by atoms with E-state index in [1.165, 1.54) is 55.9 Å². The van der Waals surface area contributed by atoms with Gasteiger partial charge in [0.1, 0.15) is 11.3 Å². The molecule has 1 unspecified atom stereocenters. The second kappa shape index (κ2) is 6.65. The molecule has 1 aromatic carbocycles. The number of benzene rings is 1. The minimum atomic E-state index is 0.348. The SMILES string of the molecule is CNC(CC1CCCCCC1)c1cc2cc(C)ccc2o1. The lowest BCUT2D eigenvalue weighted by Crippen LogP contribution is -2.19. The standard InChI is InChI=1S/C19H27NO/c1-14-9-10-18-16(11-14)13-19(21-18)17(20-2)12-15-7-5-3-4-6-8-15/h9-11,13,15,17,20H,3-8,12H2,1-2H3. The Morgan fingerprint density at radius 3 is 2.62 bits per heavy atom. The van der Waals surface area contributed by atoms with Crippen molar-refractivity contribution in [2.75, 3.05) is 7.05 Å². The summed E-state index contributed by atoms with van der Waals surface area (Å²) < 4.78 is 6.09. The zero-order chi connectivity index (χ0) is 14.7. The van der Waals surface area contributed by atoms with Crippen LogP contribution in [0.2, 0.25) is 0 Å². The first-order valence-electron chi connectivity index (χ1n) is 8.43. The van der Waals surface area contributed by atoms with Gasteiger partial charge >= 0.3 is 0 Å². The van der Waals surface area contributed by atoms with Crippen LogP contribution in [0.15, 0.2) is 28.7 Å². The van der Waals surface area contributed by atoms with E-state index >= 15 is 0 Å². The van der Waals surface area contributed by atoms with Crippen LogP contribution in [0.5, 0.6) is 0 Å². The monoisotopic (exact) mass is 285 g/mol. The molecule has 1 atom stereocenters. The van der Waals surface area contributed by atoms with E-state index in [0.717, 1.165) is 17.3 Å². The van der Waals surface area contributed by atoms with Gasteiger partial charge in [0, 0.05) is 5.39 Å². The van der Waals surface area contributed by atoms with Gasteiger partial charge in [0.2, 0.25) is 0 Å². The first-order chi connectivity index (χ1) is 10.3. The first-order valence-corrected chi connectivity index (χ1v) is 8.43. The summed E-state index contributed by atoms with van der Waals surface area (Å²) in [5.74, 6) is 1.95. The van der Waals surface area contributed by atoms with Crippen molar-refractivity contribution >= 4 is 11.0 Å².